The normalized spacial score (nSPS) is 17.5. The fourth-order valence-electron chi connectivity index (χ4n) is 1.89. The molecule has 1 fully saturated rings. The van der Waals surface area contributed by atoms with Crippen LogP contribution in [0, 0.1) is 5.41 Å². The van der Waals surface area contributed by atoms with Crippen molar-refractivity contribution < 1.29 is 17.9 Å². The van der Waals surface area contributed by atoms with Gasteiger partial charge in [0.15, 0.2) is 0 Å². The lowest BCUT2D eigenvalue weighted by Crippen LogP contribution is -2.53. The third kappa shape index (κ3) is 4.70. The summed E-state index contributed by atoms with van der Waals surface area (Å²) in [6.45, 7) is 7.88. The molecule has 0 saturated carbocycles. The summed E-state index contributed by atoms with van der Waals surface area (Å²) in [5.41, 5.74) is -0.580. The minimum Gasteiger partial charge on any atom is -0.444 e. The van der Waals surface area contributed by atoms with E-state index in [1.54, 1.807) is 33.8 Å². The predicted octanol–water partition coefficient (Wildman–Crippen LogP) is 1.23. The second-order valence-electron chi connectivity index (χ2n) is 5.82. The third-order valence-corrected chi connectivity index (χ3v) is 4.68. The van der Waals surface area contributed by atoms with Crippen LogP contribution in [0.25, 0.3) is 0 Å². The van der Waals surface area contributed by atoms with Crippen molar-refractivity contribution >= 4 is 22.6 Å². The highest BCUT2D eigenvalue weighted by atomic mass is 32.2. The molecule has 126 valence electrons. The van der Waals surface area contributed by atoms with Crippen LogP contribution in [0.5, 0.6) is 0 Å². The number of allylic oxidation sites excluding steroid dienone is 1. The molecule has 0 unspecified atom stereocenters. The first kappa shape index (κ1) is 18.4. The highest BCUT2D eigenvalue weighted by Crippen LogP contribution is 2.15. The molecule has 0 radical (unpaired) electrons. The van der Waals surface area contributed by atoms with Crippen molar-refractivity contribution in [2.24, 2.45) is 0 Å². The van der Waals surface area contributed by atoms with Crippen LogP contribution in [0.2, 0.25) is 0 Å². The van der Waals surface area contributed by atoms with Gasteiger partial charge < -0.3 is 9.64 Å². The lowest BCUT2D eigenvalue weighted by molar-refractivity contribution is 0.0191. The Morgan fingerprint density at radius 2 is 1.77 bits per heavy atom. The van der Waals surface area contributed by atoms with Gasteiger partial charge in [-0.25, -0.2) is 9.10 Å². The number of hydrogen-bond donors (Lipinski definition) is 1. The Balaban J connectivity index is 2.69. The second-order valence-corrected chi connectivity index (χ2v) is 7.65. The van der Waals surface area contributed by atoms with Crippen LogP contribution in [0.4, 0.5) is 4.79 Å². The molecule has 1 N–H and O–H groups in total. The van der Waals surface area contributed by atoms with Crippen molar-refractivity contribution in [2.45, 2.75) is 33.3 Å². The molecule has 1 heterocycles. The summed E-state index contributed by atoms with van der Waals surface area (Å²) in [5, 5.41) is 7.20. The molecule has 9 heteroatoms. The molecule has 8 nitrogen and oxygen atoms in total. The quantitative estimate of drug-likeness (QED) is 0.619. The number of ether oxygens (including phenoxy) is 1. The van der Waals surface area contributed by atoms with Gasteiger partial charge in [-0.15, -0.1) is 0 Å². The molecule has 22 heavy (non-hydrogen) atoms. The summed E-state index contributed by atoms with van der Waals surface area (Å²) in [7, 11) is -3.76. The Hall–Kier alpha value is -1.61. The van der Waals surface area contributed by atoms with Crippen molar-refractivity contribution in [3.05, 3.63) is 12.3 Å². The van der Waals surface area contributed by atoms with Crippen LogP contribution >= 0.6 is 0 Å². The molecule has 1 aliphatic rings. The predicted molar refractivity (Wildman–Crippen MR) is 83.7 cm³/mol. The minimum atomic E-state index is -3.76. The molecule has 1 amide bonds. The van der Waals surface area contributed by atoms with E-state index in [4.69, 9.17) is 10.1 Å². The van der Waals surface area contributed by atoms with Gasteiger partial charge in [-0.1, -0.05) is 6.08 Å². The van der Waals surface area contributed by atoms with Crippen LogP contribution in [0.15, 0.2) is 12.3 Å². The zero-order chi connectivity index (χ0) is 17.0. The topological polar surface area (TPSA) is 94.0 Å². The smallest absolute Gasteiger partial charge is 0.410 e. The van der Waals surface area contributed by atoms with Gasteiger partial charge in [-0.3, -0.25) is 5.41 Å². The van der Waals surface area contributed by atoms with E-state index >= 15 is 0 Å². The highest BCUT2D eigenvalue weighted by molar-refractivity contribution is 7.87. The van der Waals surface area contributed by atoms with Gasteiger partial charge in [-0.2, -0.15) is 12.7 Å². The Morgan fingerprint density at radius 1 is 1.23 bits per heavy atom. The van der Waals surface area contributed by atoms with Crippen LogP contribution < -0.4 is 0 Å². The number of hydrogen-bond acceptors (Lipinski definition) is 5. The van der Waals surface area contributed by atoms with Crippen molar-refractivity contribution in [3.8, 4) is 0 Å². The maximum absolute atomic E-state index is 12.3. The molecule has 0 spiro atoms. The van der Waals surface area contributed by atoms with Crippen LogP contribution in [-0.2, 0) is 14.9 Å². The first-order chi connectivity index (χ1) is 10.1. The van der Waals surface area contributed by atoms with E-state index in [2.05, 4.69) is 0 Å². The molecule has 1 rings (SSSR count). The van der Waals surface area contributed by atoms with E-state index < -0.39 is 21.9 Å². The molecule has 1 aliphatic heterocycles. The van der Waals surface area contributed by atoms with E-state index in [0.717, 1.165) is 10.6 Å². The van der Waals surface area contributed by atoms with Gasteiger partial charge in [0.05, 0.1) is 0 Å². The standard InChI is InChI=1S/C13H24N4O4S/c1-5-6-17(11-14)22(19,20)16-9-7-15(8-10-16)12(18)21-13(2,3)4/h5-6,11,14H,7-10H2,1-4H3/b6-5-,14-11?. The summed E-state index contributed by atoms with van der Waals surface area (Å²) < 4.78 is 32.0. The molecule has 0 aromatic heterocycles. The fourth-order valence-corrected chi connectivity index (χ4v) is 3.19. The third-order valence-electron chi connectivity index (χ3n) is 2.91. The molecular formula is C13H24N4O4S. The van der Waals surface area contributed by atoms with Gasteiger partial charge >= 0.3 is 16.3 Å². The molecule has 0 aromatic rings. The number of carbonyl (C=O) groups excluding carboxylic acids is 1. The van der Waals surface area contributed by atoms with Gasteiger partial charge in [0.25, 0.3) is 0 Å². The Bertz CT molecular complexity index is 531. The lowest BCUT2D eigenvalue weighted by Gasteiger charge is -2.36. The largest absolute Gasteiger partial charge is 0.444 e. The van der Waals surface area contributed by atoms with Gasteiger partial charge in [0.1, 0.15) is 11.9 Å². The number of rotatable bonds is 4. The zero-order valence-corrected chi connectivity index (χ0v) is 14.3. The van der Waals surface area contributed by atoms with Gasteiger partial charge in [-0.05, 0) is 27.7 Å². The number of amides is 1. The summed E-state index contributed by atoms with van der Waals surface area (Å²) in [4.78, 5) is 13.4. The highest BCUT2D eigenvalue weighted by Gasteiger charge is 2.33. The average Bonchev–Trinajstić information content (AvgIpc) is 2.42. The number of piperazine rings is 1. The van der Waals surface area contributed by atoms with E-state index in [1.807, 2.05) is 0 Å². The van der Waals surface area contributed by atoms with Gasteiger partial charge in [0.2, 0.25) is 0 Å². The lowest BCUT2D eigenvalue weighted by atomic mass is 10.2. The molecule has 0 aromatic carbocycles. The van der Waals surface area contributed by atoms with E-state index in [9.17, 15) is 13.2 Å². The van der Waals surface area contributed by atoms with Crippen molar-refractivity contribution in [3.63, 3.8) is 0 Å². The zero-order valence-electron chi connectivity index (χ0n) is 13.4. The van der Waals surface area contributed by atoms with Crippen LogP contribution in [-0.4, -0.2) is 66.1 Å². The minimum absolute atomic E-state index is 0.170. The first-order valence-corrected chi connectivity index (χ1v) is 8.41. The first-order valence-electron chi connectivity index (χ1n) is 7.02. The monoisotopic (exact) mass is 332 g/mol. The van der Waals surface area contributed by atoms with Crippen molar-refractivity contribution in [1.29, 1.82) is 5.41 Å². The van der Waals surface area contributed by atoms with Gasteiger partial charge in [0, 0.05) is 32.4 Å². The maximum atomic E-state index is 12.3. The second kappa shape index (κ2) is 7.10. The SMILES string of the molecule is C/C=C\N(C=N)S(=O)(=O)N1CCN(C(=O)OC(C)(C)C)CC1. The number of carbonyl (C=O) groups is 1. The Morgan fingerprint density at radius 3 is 2.18 bits per heavy atom. The molecule has 0 atom stereocenters. The van der Waals surface area contributed by atoms with Crippen LogP contribution in [0.3, 0.4) is 0 Å². The summed E-state index contributed by atoms with van der Waals surface area (Å²) in [6, 6.07) is 0. The number of nitrogens with one attached hydrogen (secondary N) is 1. The molecule has 1 saturated heterocycles. The summed E-state index contributed by atoms with van der Waals surface area (Å²) >= 11 is 0. The summed E-state index contributed by atoms with van der Waals surface area (Å²) in [5.74, 6) is 0. The molecular weight excluding hydrogens is 308 g/mol. The number of nitrogens with zero attached hydrogens (tertiary/aromatic N) is 3. The van der Waals surface area contributed by atoms with E-state index in [0.29, 0.717) is 0 Å². The maximum Gasteiger partial charge on any atom is 0.410 e. The Kier molecular flexibility index (Phi) is 5.95. The average molecular weight is 332 g/mol. The van der Waals surface area contributed by atoms with Crippen molar-refractivity contribution in [1.82, 2.24) is 13.5 Å². The Labute approximate surface area is 132 Å². The molecule has 0 aliphatic carbocycles. The summed E-state index contributed by atoms with van der Waals surface area (Å²) in [6.07, 6.45) is 3.15. The fraction of sp³-hybridized carbons (Fsp3) is 0.692. The van der Waals surface area contributed by atoms with Crippen molar-refractivity contribution in [2.75, 3.05) is 26.2 Å². The van der Waals surface area contributed by atoms with E-state index in [-0.39, 0.29) is 26.2 Å². The molecule has 0 bridgehead atoms. The van der Waals surface area contributed by atoms with Crippen LogP contribution in [0.1, 0.15) is 27.7 Å². The van der Waals surface area contributed by atoms with E-state index in [1.165, 1.54) is 15.4 Å².